The van der Waals surface area contributed by atoms with Gasteiger partial charge in [-0.2, -0.15) is 13.2 Å². The van der Waals surface area contributed by atoms with Crippen molar-refractivity contribution in [2.75, 3.05) is 0 Å². The number of hydrogen-bond acceptors (Lipinski definition) is 3. The van der Waals surface area contributed by atoms with Gasteiger partial charge in [0.25, 0.3) is 0 Å². The monoisotopic (exact) mass is 274 g/mol. The van der Waals surface area contributed by atoms with Crippen LogP contribution in [0.4, 0.5) is 13.2 Å². The Morgan fingerprint density at radius 3 is 2.32 bits per heavy atom. The van der Waals surface area contributed by atoms with E-state index in [-0.39, 0.29) is 18.2 Å². The number of alkyl halides is 3. The van der Waals surface area contributed by atoms with E-state index >= 15 is 0 Å². The first-order valence-electron chi connectivity index (χ1n) is 6.20. The lowest BCUT2D eigenvalue weighted by atomic mass is 9.98. The van der Waals surface area contributed by atoms with Gasteiger partial charge in [-0.1, -0.05) is 12.1 Å². The molecular formula is C13H17F3N2O. The molecule has 0 spiro atoms. The first-order valence-corrected chi connectivity index (χ1v) is 6.20. The van der Waals surface area contributed by atoms with Crippen LogP contribution in [0.25, 0.3) is 0 Å². The van der Waals surface area contributed by atoms with Gasteiger partial charge in [-0.15, -0.1) is 0 Å². The van der Waals surface area contributed by atoms with Gasteiger partial charge in [0.2, 0.25) is 0 Å². The van der Waals surface area contributed by atoms with Crippen molar-refractivity contribution in [1.29, 1.82) is 0 Å². The highest BCUT2D eigenvalue weighted by Crippen LogP contribution is 2.33. The SMILES string of the molecule is CC1CCC(C(NN)c2ccc(C(F)(F)F)cc2)O1. The van der Waals surface area contributed by atoms with Gasteiger partial charge in [0.05, 0.1) is 23.8 Å². The number of nitrogens with one attached hydrogen (secondary N) is 1. The van der Waals surface area contributed by atoms with Crippen molar-refractivity contribution in [3.8, 4) is 0 Å². The largest absolute Gasteiger partial charge is 0.416 e. The molecule has 1 aromatic carbocycles. The number of ether oxygens (including phenoxy) is 1. The van der Waals surface area contributed by atoms with Crippen LogP contribution in [0.15, 0.2) is 24.3 Å². The average Bonchev–Trinajstić information content (AvgIpc) is 2.76. The molecule has 0 saturated carbocycles. The van der Waals surface area contributed by atoms with Crippen LogP contribution in [0.2, 0.25) is 0 Å². The maximum absolute atomic E-state index is 12.5. The lowest BCUT2D eigenvalue weighted by Gasteiger charge is -2.23. The Labute approximate surface area is 109 Å². The molecule has 3 nitrogen and oxygen atoms in total. The first kappa shape index (κ1) is 14.3. The van der Waals surface area contributed by atoms with E-state index in [9.17, 15) is 13.2 Å². The molecule has 3 unspecified atom stereocenters. The summed E-state index contributed by atoms with van der Waals surface area (Å²) in [6.07, 6.45) is -2.48. The zero-order valence-electron chi connectivity index (χ0n) is 10.6. The Kier molecular flexibility index (Phi) is 4.13. The molecule has 1 heterocycles. The minimum atomic E-state index is -4.32. The van der Waals surface area contributed by atoms with E-state index < -0.39 is 11.7 Å². The summed E-state index contributed by atoms with van der Waals surface area (Å²) in [4.78, 5) is 0. The van der Waals surface area contributed by atoms with E-state index in [4.69, 9.17) is 10.6 Å². The van der Waals surface area contributed by atoms with Crippen LogP contribution < -0.4 is 11.3 Å². The third kappa shape index (κ3) is 3.26. The summed E-state index contributed by atoms with van der Waals surface area (Å²) in [5, 5.41) is 0. The summed E-state index contributed by atoms with van der Waals surface area (Å²) in [5.41, 5.74) is 2.68. The van der Waals surface area contributed by atoms with E-state index in [1.165, 1.54) is 12.1 Å². The third-order valence-corrected chi connectivity index (χ3v) is 3.41. The highest BCUT2D eigenvalue weighted by Gasteiger charge is 2.32. The van der Waals surface area contributed by atoms with Crippen molar-refractivity contribution in [2.24, 2.45) is 5.84 Å². The van der Waals surface area contributed by atoms with Crippen LogP contribution in [-0.4, -0.2) is 12.2 Å². The molecule has 0 aromatic heterocycles. The lowest BCUT2D eigenvalue weighted by molar-refractivity contribution is -0.137. The van der Waals surface area contributed by atoms with Crippen LogP contribution in [0.1, 0.15) is 36.9 Å². The molecule has 1 fully saturated rings. The molecule has 1 aliphatic rings. The standard InChI is InChI=1S/C13H17F3N2O/c1-8-2-7-11(19-8)12(18-17)9-3-5-10(6-4-9)13(14,15)16/h3-6,8,11-12,18H,2,7,17H2,1H3. The Bertz CT molecular complexity index is 419. The number of hydrogen-bond donors (Lipinski definition) is 2. The Balaban J connectivity index is 2.15. The summed E-state index contributed by atoms with van der Waals surface area (Å²) in [6.45, 7) is 1.97. The highest BCUT2D eigenvalue weighted by atomic mass is 19.4. The van der Waals surface area contributed by atoms with Crippen molar-refractivity contribution < 1.29 is 17.9 Å². The molecule has 1 aromatic rings. The number of hydrazine groups is 1. The van der Waals surface area contributed by atoms with Crippen molar-refractivity contribution in [3.63, 3.8) is 0 Å². The smallest absolute Gasteiger partial charge is 0.373 e. The van der Waals surface area contributed by atoms with Gasteiger partial charge in [-0.3, -0.25) is 11.3 Å². The number of nitrogens with two attached hydrogens (primary N) is 1. The molecule has 0 aliphatic carbocycles. The fourth-order valence-corrected chi connectivity index (χ4v) is 2.38. The maximum atomic E-state index is 12.5. The molecule has 1 aliphatic heterocycles. The van der Waals surface area contributed by atoms with Crippen molar-refractivity contribution in [3.05, 3.63) is 35.4 Å². The number of benzene rings is 1. The van der Waals surface area contributed by atoms with Gasteiger partial charge < -0.3 is 4.74 Å². The zero-order chi connectivity index (χ0) is 14.0. The highest BCUT2D eigenvalue weighted by molar-refractivity contribution is 5.27. The molecule has 3 N–H and O–H groups in total. The van der Waals surface area contributed by atoms with Gasteiger partial charge in [0.1, 0.15) is 0 Å². The van der Waals surface area contributed by atoms with E-state index in [1.807, 2.05) is 6.92 Å². The summed E-state index contributed by atoms with van der Waals surface area (Å²) in [6, 6.07) is 4.74. The quantitative estimate of drug-likeness (QED) is 0.658. The van der Waals surface area contributed by atoms with Crippen molar-refractivity contribution in [2.45, 2.75) is 44.2 Å². The second kappa shape index (κ2) is 5.48. The van der Waals surface area contributed by atoms with Crippen LogP contribution in [0.3, 0.4) is 0 Å². The van der Waals surface area contributed by atoms with Gasteiger partial charge >= 0.3 is 6.18 Å². The molecule has 19 heavy (non-hydrogen) atoms. The molecule has 0 radical (unpaired) electrons. The molecule has 3 atom stereocenters. The first-order chi connectivity index (χ1) is 8.91. The maximum Gasteiger partial charge on any atom is 0.416 e. The van der Waals surface area contributed by atoms with Gasteiger partial charge in [-0.25, -0.2) is 0 Å². The molecule has 0 amide bonds. The predicted octanol–water partition coefficient (Wildman–Crippen LogP) is 2.78. The van der Waals surface area contributed by atoms with Crippen molar-refractivity contribution in [1.82, 2.24) is 5.43 Å². The van der Waals surface area contributed by atoms with Crippen LogP contribution >= 0.6 is 0 Å². The molecule has 2 rings (SSSR count). The zero-order valence-corrected chi connectivity index (χ0v) is 10.6. The second-order valence-electron chi connectivity index (χ2n) is 4.83. The van der Waals surface area contributed by atoms with Gasteiger partial charge in [0, 0.05) is 0 Å². The normalized spacial score (nSPS) is 25.5. The fraction of sp³-hybridized carbons (Fsp3) is 0.538. The van der Waals surface area contributed by atoms with Crippen molar-refractivity contribution >= 4 is 0 Å². The van der Waals surface area contributed by atoms with Gasteiger partial charge in [-0.05, 0) is 37.5 Å². The predicted molar refractivity (Wildman–Crippen MR) is 65.1 cm³/mol. The summed E-state index contributed by atoms with van der Waals surface area (Å²) in [7, 11) is 0. The second-order valence-corrected chi connectivity index (χ2v) is 4.83. The fourth-order valence-electron chi connectivity index (χ4n) is 2.38. The summed E-state index contributed by atoms with van der Waals surface area (Å²) >= 11 is 0. The molecule has 1 saturated heterocycles. The average molecular weight is 274 g/mol. The van der Waals surface area contributed by atoms with Crippen LogP contribution in [0.5, 0.6) is 0 Å². The molecule has 0 bridgehead atoms. The van der Waals surface area contributed by atoms with Crippen LogP contribution in [-0.2, 0) is 10.9 Å². The van der Waals surface area contributed by atoms with Gasteiger partial charge in [0.15, 0.2) is 0 Å². The third-order valence-electron chi connectivity index (χ3n) is 3.41. The molecule has 106 valence electrons. The Hall–Kier alpha value is -1.11. The summed E-state index contributed by atoms with van der Waals surface area (Å²) < 4.78 is 43.2. The molecular weight excluding hydrogens is 257 g/mol. The van der Waals surface area contributed by atoms with E-state index in [2.05, 4.69) is 5.43 Å². The topological polar surface area (TPSA) is 47.3 Å². The Morgan fingerprint density at radius 2 is 1.89 bits per heavy atom. The van der Waals surface area contributed by atoms with E-state index in [0.29, 0.717) is 5.56 Å². The number of rotatable bonds is 3. The van der Waals surface area contributed by atoms with E-state index in [1.54, 1.807) is 0 Å². The lowest BCUT2D eigenvalue weighted by Crippen LogP contribution is -2.36. The minimum Gasteiger partial charge on any atom is -0.373 e. The number of halogens is 3. The summed E-state index contributed by atoms with van der Waals surface area (Å²) in [5.74, 6) is 5.50. The Morgan fingerprint density at radius 1 is 1.26 bits per heavy atom. The molecule has 6 heteroatoms. The van der Waals surface area contributed by atoms with E-state index in [0.717, 1.165) is 25.0 Å². The van der Waals surface area contributed by atoms with Crippen LogP contribution in [0, 0.1) is 0 Å². The minimum absolute atomic E-state index is 0.100.